The van der Waals surface area contributed by atoms with E-state index in [0.29, 0.717) is 13.0 Å². The van der Waals surface area contributed by atoms with Crippen LogP contribution in [-0.2, 0) is 4.79 Å². The van der Waals surface area contributed by atoms with Crippen LogP contribution in [0.2, 0.25) is 0 Å². The Morgan fingerprint density at radius 3 is 2.55 bits per heavy atom. The number of hydrogen-bond acceptors (Lipinski definition) is 5. The largest absolute Gasteiger partial charge is 0.480 e. The molecule has 0 fully saturated rings. The minimum Gasteiger partial charge on any atom is -0.480 e. The van der Waals surface area contributed by atoms with Gasteiger partial charge < -0.3 is 15.7 Å². The van der Waals surface area contributed by atoms with Gasteiger partial charge in [-0.2, -0.15) is 0 Å². The summed E-state index contributed by atoms with van der Waals surface area (Å²) in [5, 5.41) is 19.6. The predicted octanol–water partition coefficient (Wildman–Crippen LogP) is 0.995. The van der Waals surface area contributed by atoms with Crippen LogP contribution in [0.15, 0.2) is 18.2 Å². The van der Waals surface area contributed by atoms with Crippen molar-refractivity contribution in [1.82, 2.24) is 0 Å². The fourth-order valence-corrected chi connectivity index (χ4v) is 1.83. The van der Waals surface area contributed by atoms with Crippen LogP contribution < -0.4 is 10.6 Å². The molecule has 0 aliphatic carbocycles. The predicted molar refractivity (Wildman–Crippen MR) is 71.8 cm³/mol. The molecule has 1 aromatic carbocycles. The second-order valence-corrected chi connectivity index (χ2v) is 4.14. The molecule has 108 valence electrons. The van der Waals surface area contributed by atoms with E-state index >= 15 is 0 Å². The van der Waals surface area contributed by atoms with Crippen LogP contribution in [0.3, 0.4) is 0 Å². The Kier molecular flexibility index (Phi) is 5.01. The molecule has 0 saturated heterocycles. The second-order valence-electron chi connectivity index (χ2n) is 4.14. The van der Waals surface area contributed by atoms with E-state index in [1.165, 1.54) is 17.0 Å². The summed E-state index contributed by atoms with van der Waals surface area (Å²) in [5.41, 5.74) is 5.17. The van der Waals surface area contributed by atoms with Gasteiger partial charge in [-0.15, -0.1) is 0 Å². The summed E-state index contributed by atoms with van der Waals surface area (Å²) < 4.78 is 0. The molecular weight excluding hydrogens is 266 g/mol. The van der Waals surface area contributed by atoms with Crippen LogP contribution in [0, 0.1) is 10.1 Å². The highest BCUT2D eigenvalue weighted by atomic mass is 16.6. The molecular formula is C12H15N3O5. The molecule has 0 aliphatic rings. The SMILES string of the molecule is CCCN(CC(=O)O)c1ccc([N+](=O)[O-])cc1C(N)=O. The van der Waals surface area contributed by atoms with E-state index in [1.54, 1.807) is 0 Å². The van der Waals surface area contributed by atoms with Gasteiger partial charge in [-0.3, -0.25) is 19.7 Å². The summed E-state index contributed by atoms with van der Waals surface area (Å²) in [6.45, 7) is 1.93. The van der Waals surface area contributed by atoms with E-state index in [0.717, 1.165) is 6.07 Å². The number of carbonyl (C=O) groups excluding carboxylic acids is 1. The molecule has 3 N–H and O–H groups in total. The van der Waals surface area contributed by atoms with E-state index in [4.69, 9.17) is 10.8 Å². The highest BCUT2D eigenvalue weighted by Gasteiger charge is 2.20. The van der Waals surface area contributed by atoms with Gasteiger partial charge in [-0.25, -0.2) is 0 Å². The first-order valence-electron chi connectivity index (χ1n) is 5.91. The van der Waals surface area contributed by atoms with Crippen LogP contribution in [0.25, 0.3) is 0 Å². The van der Waals surface area contributed by atoms with Crippen molar-refractivity contribution in [2.75, 3.05) is 18.0 Å². The van der Waals surface area contributed by atoms with Crippen molar-refractivity contribution in [3.63, 3.8) is 0 Å². The minimum absolute atomic E-state index is 0.0612. The van der Waals surface area contributed by atoms with Crippen LogP contribution in [0.5, 0.6) is 0 Å². The number of non-ortho nitro benzene ring substituents is 1. The Hall–Kier alpha value is -2.64. The third-order valence-electron chi connectivity index (χ3n) is 2.62. The van der Waals surface area contributed by atoms with Gasteiger partial charge in [0.05, 0.1) is 16.2 Å². The van der Waals surface area contributed by atoms with Gasteiger partial charge >= 0.3 is 5.97 Å². The maximum Gasteiger partial charge on any atom is 0.323 e. The second kappa shape index (κ2) is 6.50. The number of primary amides is 1. The van der Waals surface area contributed by atoms with Crippen LogP contribution >= 0.6 is 0 Å². The average Bonchev–Trinajstić information content (AvgIpc) is 2.36. The number of carboxylic acids is 1. The van der Waals surface area contributed by atoms with Crippen molar-refractivity contribution >= 4 is 23.3 Å². The molecule has 0 saturated carbocycles. The van der Waals surface area contributed by atoms with Crippen molar-refractivity contribution < 1.29 is 19.6 Å². The topological polar surface area (TPSA) is 127 Å². The Bertz CT molecular complexity index is 544. The summed E-state index contributed by atoms with van der Waals surface area (Å²) in [7, 11) is 0. The number of nitro benzene ring substituents is 1. The maximum absolute atomic E-state index is 11.4. The first-order chi connectivity index (χ1) is 9.36. The third kappa shape index (κ3) is 3.67. The summed E-state index contributed by atoms with van der Waals surface area (Å²) >= 11 is 0. The van der Waals surface area contributed by atoms with Crippen molar-refractivity contribution in [3.8, 4) is 0 Å². The number of hydrogen-bond donors (Lipinski definition) is 2. The molecule has 0 heterocycles. The molecule has 20 heavy (non-hydrogen) atoms. The molecule has 0 spiro atoms. The Morgan fingerprint density at radius 2 is 2.10 bits per heavy atom. The first-order valence-corrected chi connectivity index (χ1v) is 5.91. The number of nitrogens with two attached hydrogens (primary N) is 1. The third-order valence-corrected chi connectivity index (χ3v) is 2.62. The van der Waals surface area contributed by atoms with E-state index in [1.807, 2.05) is 6.92 Å². The zero-order valence-corrected chi connectivity index (χ0v) is 10.9. The molecule has 1 rings (SSSR count). The van der Waals surface area contributed by atoms with Gasteiger partial charge in [0.25, 0.3) is 11.6 Å². The molecule has 0 unspecified atom stereocenters. The quantitative estimate of drug-likeness (QED) is 0.567. The number of nitro groups is 1. The number of benzene rings is 1. The zero-order valence-electron chi connectivity index (χ0n) is 10.9. The highest BCUT2D eigenvalue weighted by molar-refractivity contribution is 5.99. The van der Waals surface area contributed by atoms with Crippen LogP contribution in [0.1, 0.15) is 23.7 Å². The maximum atomic E-state index is 11.4. The van der Waals surface area contributed by atoms with Gasteiger partial charge in [0.1, 0.15) is 6.54 Å². The number of carbonyl (C=O) groups is 2. The molecule has 8 heteroatoms. The summed E-state index contributed by atoms with van der Waals surface area (Å²) in [4.78, 5) is 33.8. The Labute approximate surface area is 114 Å². The number of anilines is 1. The standard InChI is InChI=1S/C12H15N3O5/c1-2-5-14(7-11(16)17)10-4-3-8(15(19)20)6-9(10)12(13)18/h3-4,6H,2,5,7H2,1H3,(H2,13,18)(H,16,17). The number of carboxylic acid groups (broad SMARTS) is 1. The zero-order chi connectivity index (χ0) is 15.3. The number of rotatable bonds is 7. The Morgan fingerprint density at radius 1 is 1.45 bits per heavy atom. The van der Waals surface area contributed by atoms with Crippen molar-refractivity contribution in [2.24, 2.45) is 5.73 Å². The van der Waals surface area contributed by atoms with E-state index in [9.17, 15) is 19.7 Å². The van der Waals surface area contributed by atoms with Gasteiger partial charge in [0.2, 0.25) is 0 Å². The van der Waals surface area contributed by atoms with Gasteiger partial charge in [-0.1, -0.05) is 6.92 Å². The first kappa shape index (κ1) is 15.4. The van der Waals surface area contributed by atoms with Crippen molar-refractivity contribution in [2.45, 2.75) is 13.3 Å². The molecule has 8 nitrogen and oxygen atoms in total. The van der Waals surface area contributed by atoms with E-state index in [-0.39, 0.29) is 23.5 Å². The normalized spacial score (nSPS) is 10.1. The molecule has 0 aliphatic heterocycles. The van der Waals surface area contributed by atoms with Crippen molar-refractivity contribution in [1.29, 1.82) is 0 Å². The van der Waals surface area contributed by atoms with Gasteiger partial charge in [-0.05, 0) is 12.5 Å². The van der Waals surface area contributed by atoms with Gasteiger partial charge in [0, 0.05) is 18.7 Å². The average molecular weight is 281 g/mol. The van der Waals surface area contributed by atoms with Crippen LogP contribution in [-0.4, -0.2) is 35.0 Å². The number of nitrogens with zero attached hydrogens (tertiary/aromatic N) is 2. The van der Waals surface area contributed by atoms with E-state index in [2.05, 4.69) is 0 Å². The lowest BCUT2D eigenvalue weighted by atomic mass is 10.1. The summed E-state index contributed by atoms with van der Waals surface area (Å²) in [6.07, 6.45) is 0.655. The van der Waals surface area contributed by atoms with Crippen molar-refractivity contribution in [3.05, 3.63) is 33.9 Å². The Balaban J connectivity index is 3.29. The fourth-order valence-electron chi connectivity index (χ4n) is 1.83. The van der Waals surface area contributed by atoms with E-state index < -0.39 is 16.8 Å². The lowest BCUT2D eigenvalue weighted by Gasteiger charge is -2.23. The van der Waals surface area contributed by atoms with Gasteiger partial charge in [0.15, 0.2) is 0 Å². The molecule has 1 amide bonds. The molecule has 0 radical (unpaired) electrons. The smallest absolute Gasteiger partial charge is 0.323 e. The lowest BCUT2D eigenvalue weighted by molar-refractivity contribution is -0.384. The molecule has 0 atom stereocenters. The molecule has 0 bridgehead atoms. The summed E-state index contributed by atoms with van der Waals surface area (Å²) in [6, 6.07) is 3.62. The monoisotopic (exact) mass is 281 g/mol. The molecule has 0 aromatic heterocycles. The number of aliphatic carboxylic acids is 1. The fraction of sp³-hybridized carbons (Fsp3) is 0.333. The highest BCUT2D eigenvalue weighted by Crippen LogP contribution is 2.25. The lowest BCUT2D eigenvalue weighted by Crippen LogP contribution is -2.32. The summed E-state index contributed by atoms with van der Waals surface area (Å²) in [5.74, 6) is -1.90. The minimum atomic E-state index is -1.06. The number of amides is 1. The molecule has 1 aromatic rings. The van der Waals surface area contributed by atoms with Crippen LogP contribution in [0.4, 0.5) is 11.4 Å².